The van der Waals surface area contributed by atoms with Gasteiger partial charge >= 0.3 is 0 Å². The van der Waals surface area contributed by atoms with Crippen LogP contribution in [0.25, 0.3) is 0 Å². The van der Waals surface area contributed by atoms with Gasteiger partial charge in [-0.2, -0.15) is 0 Å². The molecule has 1 aromatic rings. The molecule has 0 aromatic heterocycles. The zero-order valence-electron chi connectivity index (χ0n) is 26.1. The fraction of sp³-hybridized carbons (Fsp3) is 0.684. The van der Waals surface area contributed by atoms with E-state index < -0.39 is 57.1 Å². The summed E-state index contributed by atoms with van der Waals surface area (Å²) in [6, 6.07) is 1.26. The maximum absolute atomic E-state index is 11.2. The normalized spacial score (nSPS) is 48.7. The summed E-state index contributed by atoms with van der Waals surface area (Å²) in [7, 11) is -1.57. The molecule has 1 N–H and O–H groups in total. The molecule has 128 valence electrons. The van der Waals surface area contributed by atoms with E-state index in [4.69, 9.17) is 27.3 Å². The summed E-state index contributed by atoms with van der Waals surface area (Å²) in [4.78, 5) is 1.32. The van der Waals surface area contributed by atoms with Crippen LogP contribution in [-0.2, 0) is 6.42 Å². The Morgan fingerprint density at radius 3 is 3.13 bits per heavy atom. The van der Waals surface area contributed by atoms with Gasteiger partial charge in [-0.25, -0.2) is 0 Å². The summed E-state index contributed by atoms with van der Waals surface area (Å²) >= 11 is 0. The first-order chi connectivity index (χ1) is 16.0. The molecule has 1 saturated heterocycles. The summed E-state index contributed by atoms with van der Waals surface area (Å²) in [6.45, 7) is -3.23. The first-order valence-electron chi connectivity index (χ1n) is 13.8. The van der Waals surface area contributed by atoms with Gasteiger partial charge in [0.15, 0.2) is 11.5 Å². The van der Waals surface area contributed by atoms with E-state index in [0.717, 1.165) is 6.92 Å². The van der Waals surface area contributed by atoms with E-state index in [1.54, 1.807) is 0 Å². The van der Waals surface area contributed by atoms with Crippen LogP contribution in [0.3, 0.4) is 0 Å². The first-order valence-corrected chi connectivity index (χ1v) is 7.32. The molecule has 4 heteroatoms. The molecule has 23 heavy (non-hydrogen) atoms. The quantitative estimate of drug-likeness (QED) is 0.920. The number of methoxy groups -OCH3 is 2. The van der Waals surface area contributed by atoms with E-state index in [0.29, 0.717) is 5.56 Å². The highest BCUT2D eigenvalue weighted by Crippen LogP contribution is 2.43. The van der Waals surface area contributed by atoms with E-state index in [9.17, 15) is 5.11 Å². The third kappa shape index (κ3) is 3.20. The minimum Gasteiger partial charge on any atom is -0.493 e. The van der Waals surface area contributed by atoms with Crippen molar-refractivity contribution in [1.29, 1.82) is 0 Å². The van der Waals surface area contributed by atoms with Crippen molar-refractivity contribution in [2.75, 3.05) is 27.2 Å². The Labute approximate surface area is 157 Å². The number of benzene rings is 1. The van der Waals surface area contributed by atoms with E-state index in [2.05, 4.69) is 0 Å². The van der Waals surface area contributed by atoms with Crippen molar-refractivity contribution in [2.24, 2.45) is 11.8 Å². The average Bonchev–Trinajstić information content (AvgIpc) is 2.69. The Balaban J connectivity index is 2.20. The van der Waals surface area contributed by atoms with Crippen molar-refractivity contribution in [3.05, 3.63) is 23.3 Å². The van der Waals surface area contributed by atoms with Gasteiger partial charge in [0.05, 0.1) is 25.7 Å². The maximum atomic E-state index is 11.2. The van der Waals surface area contributed by atoms with E-state index in [-0.39, 0.29) is 30.0 Å². The first kappa shape index (κ1) is 6.93. The van der Waals surface area contributed by atoms with Crippen LogP contribution in [-0.4, -0.2) is 43.3 Å². The lowest BCUT2D eigenvalue weighted by Gasteiger charge is -2.46. The molecule has 4 atom stereocenters. The third-order valence-electron chi connectivity index (χ3n) is 4.12. The molecule has 0 saturated carbocycles. The summed E-state index contributed by atoms with van der Waals surface area (Å²) in [5.74, 6) is -6.24. The Morgan fingerprint density at radius 2 is 2.39 bits per heavy atom. The number of nitrogens with zero attached hydrogens (tertiary/aromatic N) is 1. The monoisotopic (exact) mass is 332 g/mol. The van der Waals surface area contributed by atoms with Gasteiger partial charge in [0, 0.05) is 31.5 Å². The molecular formula is C19H29NO3. The molecule has 2 aliphatic heterocycles. The zero-order chi connectivity index (χ0) is 27.9. The highest BCUT2D eigenvalue weighted by Gasteiger charge is 2.38. The van der Waals surface area contributed by atoms with E-state index >= 15 is 0 Å². The number of hydrogen-bond donors (Lipinski definition) is 1. The Bertz CT molecular complexity index is 1020. The highest BCUT2D eigenvalue weighted by molar-refractivity contribution is 5.49. The van der Waals surface area contributed by atoms with E-state index in [1.807, 2.05) is 0 Å². The van der Waals surface area contributed by atoms with Gasteiger partial charge in [-0.3, -0.25) is 4.90 Å². The molecule has 0 amide bonds. The molecule has 4 unspecified atom stereocenters. The predicted octanol–water partition coefficient (Wildman–Crippen LogP) is 3.03. The molecule has 2 aliphatic rings. The minimum absolute atomic E-state index is 0.0507. The highest BCUT2D eigenvalue weighted by atomic mass is 16.5. The second-order valence-electron chi connectivity index (χ2n) is 5.65. The third-order valence-corrected chi connectivity index (χ3v) is 4.12. The van der Waals surface area contributed by atoms with Crippen LogP contribution >= 0.6 is 0 Å². The second kappa shape index (κ2) is 6.70. The van der Waals surface area contributed by atoms with Gasteiger partial charge in [-0.15, -0.1) is 0 Å². The molecule has 4 nitrogen and oxygen atoms in total. The summed E-state index contributed by atoms with van der Waals surface area (Å²) < 4.78 is 116. The smallest absolute Gasteiger partial charge is 0.161 e. The molecule has 0 radical (unpaired) electrons. The standard InChI is InChI=1S/C19H29NO3/c1-12(2)7-14-11-20-6-5-13-8-18(22-3)19(23-4)9-15(13)16(20)10-17(14)21/h8-9,12,14,16-17,21H,5-7,10-11H2,1-4H3/i1D3,4D3,7D2,10D2,12D,14D,17D. The lowest BCUT2D eigenvalue weighted by molar-refractivity contribution is -0.0191. The number of aliphatic hydroxyl groups is 1. The van der Waals surface area contributed by atoms with Gasteiger partial charge in [0.25, 0.3) is 0 Å². The number of hydrogen-bond acceptors (Lipinski definition) is 4. The van der Waals surface area contributed by atoms with Gasteiger partial charge < -0.3 is 14.6 Å². The number of fused-ring (bicyclic) bond motifs is 3. The lowest BCUT2D eigenvalue weighted by atomic mass is 9.79. The number of rotatable bonds is 4. The Morgan fingerprint density at radius 1 is 1.57 bits per heavy atom. The molecule has 2 heterocycles. The van der Waals surface area contributed by atoms with Gasteiger partial charge in [-0.1, -0.05) is 13.8 Å². The van der Waals surface area contributed by atoms with E-state index in [1.165, 1.54) is 24.1 Å². The van der Waals surface area contributed by atoms with Crippen molar-refractivity contribution >= 4 is 0 Å². The molecule has 0 aliphatic carbocycles. The van der Waals surface area contributed by atoms with Crippen LogP contribution in [0.2, 0.25) is 0 Å². The molecule has 1 aromatic carbocycles. The van der Waals surface area contributed by atoms with Crippen molar-refractivity contribution in [3.63, 3.8) is 0 Å². The van der Waals surface area contributed by atoms with Gasteiger partial charge in [-0.05, 0) is 54.2 Å². The Hall–Kier alpha value is -1.26. The van der Waals surface area contributed by atoms with Crippen LogP contribution in [0.15, 0.2) is 12.1 Å². The van der Waals surface area contributed by atoms with Crippen LogP contribution in [0.1, 0.15) is 61.5 Å². The fourth-order valence-corrected chi connectivity index (χ4v) is 3.08. The second-order valence-corrected chi connectivity index (χ2v) is 5.65. The van der Waals surface area contributed by atoms with Crippen LogP contribution in [0.5, 0.6) is 11.5 Å². The summed E-state index contributed by atoms with van der Waals surface area (Å²) in [5.41, 5.74) is 0.669. The number of piperidine rings is 1. The maximum Gasteiger partial charge on any atom is 0.161 e. The van der Waals surface area contributed by atoms with Crippen LogP contribution in [0.4, 0.5) is 0 Å². The minimum atomic E-state index is -3.53. The van der Waals surface area contributed by atoms with Crippen molar-refractivity contribution in [3.8, 4) is 11.5 Å². The summed E-state index contributed by atoms with van der Waals surface area (Å²) in [5, 5.41) is 11.2. The van der Waals surface area contributed by atoms with Crippen molar-refractivity contribution < 1.29 is 32.4 Å². The molecule has 1 fully saturated rings. The molecule has 3 rings (SSSR count). The Kier molecular flexibility index (Phi) is 2.02. The van der Waals surface area contributed by atoms with Crippen LogP contribution < -0.4 is 9.47 Å². The van der Waals surface area contributed by atoms with Gasteiger partial charge in [0.1, 0.15) is 0 Å². The molecule has 0 spiro atoms. The summed E-state index contributed by atoms with van der Waals surface area (Å²) in [6.07, 6.45) is -9.75. The van der Waals surface area contributed by atoms with Crippen LogP contribution in [0, 0.1) is 11.8 Å². The molecular weight excluding hydrogens is 290 g/mol. The SMILES string of the molecule is [2H]C([2H])([2H])Oc1cc2c(cc1OC)CCN1CC([2H])(C([2H])([2H])C([2H])(C)C([2H])([2H])[2H])C([2H])(O)C([2H])([2H])C21. The zero-order valence-corrected chi connectivity index (χ0v) is 13.1. The number of ether oxygens (including phenoxy) is 2. The largest absolute Gasteiger partial charge is 0.493 e. The van der Waals surface area contributed by atoms with Crippen molar-refractivity contribution in [2.45, 2.75) is 45.1 Å². The predicted molar refractivity (Wildman–Crippen MR) is 91.1 cm³/mol. The average molecular weight is 333 g/mol. The lowest BCUT2D eigenvalue weighted by Crippen LogP contribution is -2.48. The fourth-order valence-electron chi connectivity index (χ4n) is 3.08. The molecule has 0 bridgehead atoms. The van der Waals surface area contributed by atoms with Gasteiger partial charge in [0.2, 0.25) is 0 Å². The topological polar surface area (TPSA) is 41.9 Å². The van der Waals surface area contributed by atoms with Crippen molar-refractivity contribution in [1.82, 2.24) is 4.90 Å².